The van der Waals surface area contributed by atoms with Crippen LogP contribution in [0, 0.1) is 5.92 Å². The number of hydrogen-bond acceptors (Lipinski definition) is 4. The minimum atomic E-state index is -4.72. The Kier molecular flexibility index (Phi) is 3.53. The maximum absolute atomic E-state index is 12.7. The zero-order valence-electron chi connectivity index (χ0n) is 10.8. The van der Waals surface area contributed by atoms with Crippen LogP contribution in [0.25, 0.3) is 0 Å². The molecule has 3 unspecified atom stereocenters. The van der Waals surface area contributed by atoms with Crippen molar-refractivity contribution in [2.75, 3.05) is 19.6 Å². The number of amides is 1. The molecular weight excluding hydrogens is 309 g/mol. The molecule has 2 fully saturated rings. The van der Waals surface area contributed by atoms with Crippen molar-refractivity contribution in [3.63, 3.8) is 0 Å². The normalized spacial score (nSPS) is 27.9. The number of nitrogens with zero attached hydrogens (tertiary/aromatic N) is 3. The molecule has 0 saturated carbocycles. The third-order valence-electron chi connectivity index (χ3n) is 3.86. The Labute approximate surface area is 123 Å². The SMILES string of the molecule is O=C(NC1CN2CCC1C2)c1ncc(Cl)c(C(F)(F)F)n1. The van der Waals surface area contributed by atoms with Gasteiger partial charge in [-0.05, 0) is 18.9 Å². The van der Waals surface area contributed by atoms with Crippen molar-refractivity contribution >= 4 is 17.5 Å². The Hall–Kier alpha value is -1.41. The number of hydrogen-bond donors (Lipinski definition) is 1. The van der Waals surface area contributed by atoms with Gasteiger partial charge in [0, 0.05) is 19.1 Å². The lowest BCUT2D eigenvalue weighted by molar-refractivity contribution is -0.141. The van der Waals surface area contributed by atoms with Gasteiger partial charge >= 0.3 is 6.18 Å². The summed E-state index contributed by atoms with van der Waals surface area (Å²) in [4.78, 5) is 21.1. The first kappa shape index (κ1) is 14.5. The van der Waals surface area contributed by atoms with Crippen LogP contribution in [-0.2, 0) is 6.18 Å². The number of carbonyl (C=O) groups is 1. The second-order valence-corrected chi connectivity index (χ2v) is 5.68. The van der Waals surface area contributed by atoms with Crippen LogP contribution < -0.4 is 5.32 Å². The van der Waals surface area contributed by atoms with E-state index < -0.39 is 28.6 Å². The highest BCUT2D eigenvalue weighted by Gasteiger charge is 2.40. The van der Waals surface area contributed by atoms with Crippen molar-refractivity contribution in [1.82, 2.24) is 20.2 Å². The van der Waals surface area contributed by atoms with Crippen LogP contribution in [0.2, 0.25) is 5.02 Å². The zero-order valence-corrected chi connectivity index (χ0v) is 11.6. The summed E-state index contributed by atoms with van der Waals surface area (Å²) in [5.41, 5.74) is -1.29. The second-order valence-electron chi connectivity index (χ2n) is 5.28. The van der Waals surface area contributed by atoms with E-state index in [0.717, 1.165) is 32.3 Å². The molecule has 2 saturated heterocycles. The Balaban J connectivity index is 1.76. The Bertz CT molecular complexity index is 580. The highest BCUT2D eigenvalue weighted by molar-refractivity contribution is 6.31. The predicted octanol–water partition coefficient (Wildman–Crippen LogP) is 1.58. The molecule has 5 nitrogen and oxygen atoms in total. The molecule has 21 heavy (non-hydrogen) atoms. The molecule has 0 radical (unpaired) electrons. The first-order valence-electron chi connectivity index (χ1n) is 6.47. The van der Waals surface area contributed by atoms with Crippen molar-refractivity contribution in [2.24, 2.45) is 5.92 Å². The smallest absolute Gasteiger partial charge is 0.345 e. The average Bonchev–Trinajstić information content (AvgIpc) is 3.00. The molecule has 2 bridgehead atoms. The van der Waals surface area contributed by atoms with E-state index >= 15 is 0 Å². The van der Waals surface area contributed by atoms with Crippen LogP contribution in [0.5, 0.6) is 0 Å². The van der Waals surface area contributed by atoms with Gasteiger partial charge in [-0.3, -0.25) is 4.79 Å². The lowest BCUT2D eigenvalue weighted by atomic mass is 10.00. The van der Waals surface area contributed by atoms with Gasteiger partial charge in [0.15, 0.2) is 5.69 Å². The fourth-order valence-electron chi connectivity index (χ4n) is 2.86. The third kappa shape index (κ3) is 2.82. The van der Waals surface area contributed by atoms with E-state index in [2.05, 4.69) is 20.2 Å². The maximum Gasteiger partial charge on any atom is 0.434 e. The Morgan fingerprint density at radius 3 is 2.76 bits per heavy atom. The van der Waals surface area contributed by atoms with E-state index in [-0.39, 0.29) is 6.04 Å². The summed E-state index contributed by atoms with van der Waals surface area (Å²) in [5.74, 6) is -0.858. The largest absolute Gasteiger partial charge is 0.434 e. The van der Waals surface area contributed by atoms with E-state index in [1.54, 1.807) is 0 Å². The van der Waals surface area contributed by atoms with Crippen LogP contribution in [0.3, 0.4) is 0 Å². The van der Waals surface area contributed by atoms with E-state index in [4.69, 9.17) is 11.6 Å². The van der Waals surface area contributed by atoms with E-state index in [1.165, 1.54) is 0 Å². The minimum Gasteiger partial charge on any atom is -0.345 e. The lowest BCUT2D eigenvalue weighted by Gasteiger charge is -2.22. The number of rotatable bonds is 2. The minimum absolute atomic E-state index is 0.0557. The van der Waals surface area contributed by atoms with E-state index in [9.17, 15) is 18.0 Å². The first-order valence-corrected chi connectivity index (χ1v) is 6.85. The lowest BCUT2D eigenvalue weighted by Crippen LogP contribution is -2.43. The van der Waals surface area contributed by atoms with Gasteiger partial charge in [0.25, 0.3) is 5.91 Å². The molecule has 0 aliphatic carbocycles. The number of alkyl halides is 3. The molecule has 3 atom stereocenters. The molecule has 3 rings (SSSR count). The van der Waals surface area contributed by atoms with Gasteiger partial charge < -0.3 is 10.2 Å². The summed E-state index contributed by atoms with van der Waals surface area (Å²) in [6, 6.07) is -0.0557. The first-order chi connectivity index (χ1) is 9.84. The molecule has 1 N–H and O–H groups in total. The zero-order chi connectivity index (χ0) is 15.2. The van der Waals surface area contributed by atoms with Crippen molar-refractivity contribution in [2.45, 2.75) is 18.6 Å². The Morgan fingerprint density at radius 1 is 1.43 bits per heavy atom. The average molecular weight is 321 g/mol. The van der Waals surface area contributed by atoms with Crippen molar-refractivity contribution in [3.8, 4) is 0 Å². The highest BCUT2D eigenvalue weighted by atomic mass is 35.5. The van der Waals surface area contributed by atoms with Crippen molar-refractivity contribution in [1.29, 1.82) is 0 Å². The van der Waals surface area contributed by atoms with Gasteiger partial charge in [0.05, 0.1) is 11.2 Å². The summed E-state index contributed by atoms with van der Waals surface area (Å²) in [5, 5.41) is 2.09. The molecule has 0 spiro atoms. The van der Waals surface area contributed by atoms with Gasteiger partial charge in [0.2, 0.25) is 5.82 Å². The van der Waals surface area contributed by atoms with Gasteiger partial charge in [0.1, 0.15) is 0 Å². The summed E-state index contributed by atoms with van der Waals surface area (Å²) in [6.07, 6.45) is -2.93. The fraction of sp³-hybridized carbons (Fsp3) is 0.583. The summed E-state index contributed by atoms with van der Waals surface area (Å²) < 4.78 is 38.1. The van der Waals surface area contributed by atoms with Crippen LogP contribution in [0.4, 0.5) is 13.2 Å². The molecule has 2 aliphatic rings. The molecule has 1 amide bonds. The van der Waals surface area contributed by atoms with Crippen LogP contribution in [-0.4, -0.2) is 46.5 Å². The molecule has 1 aromatic rings. The van der Waals surface area contributed by atoms with Gasteiger partial charge in [-0.1, -0.05) is 11.6 Å². The molecule has 114 valence electrons. The third-order valence-corrected chi connectivity index (χ3v) is 4.14. The van der Waals surface area contributed by atoms with Crippen molar-refractivity contribution in [3.05, 3.63) is 22.7 Å². The molecule has 2 aliphatic heterocycles. The molecule has 1 aromatic heterocycles. The highest BCUT2D eigenvalue weighted by Crippen LogP contribution is 2.32. The second kappa shape index (κ2) is 5.10. The molecule has 3 heterocycles. The molecule has 9 heteroatoms. The van der Waals surface area contributed by atoms with E-state index in [0.29, 0.717) is 5.92 Å². The van der Waals surface area contributed by atoms with Gasteiger partial charge in [-0.2, -0.15) is 13.2 Å². The maximum atomic E-state index is 12.7. The molecule has 0 aromatic carbocycles. The standard InChI is InChI=1S/C12H12ClF3N4O/c13-7-3-17-10(19-9(7)12(14,15)16)11(21)18-8-5-20-2-1-6(8)4-20/h3,6,8H,1-2,4-5H2,(H,18,21). The number of carbonyl (C=O) groups excluding carboxylic acids is 1. The quantitative estimate of drug-likeness (QED) is 0.899. The monoisotopic (exact) mass is 320 g/mol. The topological polar surface area (TPSA) is 58.1 Å². The fourth-order valence-corrected chi connectivity index (χ4v) is 3.05. The summed E-state index contributed by atoms with van der Waals surface area (Å²) in [7, 11) is 0. The molecular formula is C12H12ClF3N4O. The number of fused-ring (bicyclic) bond motifs is 2. The van der Waals surface area contributed by atoms with Crippen LogP contribution >= 0.6 is 11.6 Å². The van der Waals surface area contributed by atoms with Crippen LogP contribution in [0.1, 0.15) is 22.7 Å². The summed E-state index contributed by atoms with van der Waals surface area (Å²) >= 11 is 5.42. The van der Waals surface area contributed by atoms with Gasteiger partial charge in [-0.25, -0.2) is 9.97 Å². The number of halogens is 4. The van der Waals surface area contributed by atoms with Gasteiger partial charge in [-0.15, -0.1) is 0 Å². The van der Waals surface area contributed by atoms with Crippen molar-refractivity contribution < 1.29 is 18.0 Å². The summed E-state index contributed by atoms with van der Waals surface area (Å²) in [6.45, 7) is 2.64. The van der Waals surface area contributed by atoms with Crippen LogP contribution in [0.15, 0.2) is 6.20 Å². The predicted molar refractivity (Wildman–Crippen MR) is 67.8 cm³/mol. The number of nitrogens with one attached hydrogen (secondary N) is 1. The Morgan fingerprint density at radius 2 is 2.19 bits per heavy atom. The number of aromatic nitrogens is 2. The van der Waals surface area contributed by atoms with E-state index in [1.807, 2.05) is 0 Å². The number of piperidine rings is 1.